The maximum Gasteiger partial charge on any atom is 0.534 e. The molecule has 2 aromatic carbocycles. The molecular formula is C24H24F3NO9S. The summed E-state index contributed by atoms with van der Waals surface area (Å²) in [6.07, 6.45) is -6.30. The highest BCUT2D eigenvalue weighted by Crippen LogP contribution is 2.40. The molecule has 1 fully saturated rings. The van der Waals surface area contributed by atoms with E-state index in [1.165, 1.54) is 24.3 Å². The lowest BCUT2D eigenvalue weighted by Gasteiger charge is -2.37. The Morgan fingerprint density at radius 2 is 1.76 bits per heavy atom. The number of nitrogens with zero attached hydrogens (tertiary/aromatic N) is 1. The lowest BCUT2D eigenvalue weighted by Crippen LogP contribution is -2.48. The minimum absolute atomic E-state index is 0.0286. The average Bonchev–Trinajstić information content (AvgIpc) is 2.83. The number of aliphatic hydroxyl groups excluding tert-OH is 4. The predicted octanol–water partition coefficient (Wildman–Crippen LogP) is 2.72. The lowest BCUT2D eigenvalue weighted by atomic mass is 9.89. The van der Waals surface area contributed by atoms with Gasteiger partial charge in [-0.25, -0.2) is 0 Å². The molecule has 4 atom stereocenters. The van der Waals surface area contributed by atoms with E-state index in [0.29, 0.717) is 17.4 Å². The zero-order valence-electron chi connectivity index (χ0n) is 20.0. The predicted molar refractivity (Wildman–Crippen MR) is 124 cm³/mol. The van der Waals surface area contributed by atoms with Crippen molar-refractivity contribution in [3.05, 3.63) is 70.7 Å². The third-order valence-electron chi connectivity index (χ3n) is 5.50. The first-order chi connectivity index (χ1) is 17.7. The van der Waals surface area contributed by atoms with Crippen molar-refractivity contribution in [1.82, 2.24) is 0 Å². The van der Waals surface area contributed by atoms with Gasteiger partial charge in [-0.1, -0.05) is 12.1 Å². The molecule has 206 valence electrons. The van der Waals surface area contributed by atoms with Crippen molar-refractivity contribution < 1.29 is 55.7 Å². The second-order valence-electron chi connectivity index (χ2n) is 8.63. The minimum atomic E-state index is -5.84. The van der Waals surface area contributed by atoms with Gasteiger partial charge in [0.1, 0.15) is 36.1 Å². The monoisotopic (exact) mass is 559 g/mol. The van der Waals surface area contributed by atoms with Crippen LogP contribution in [0.2, 0.25) is 0 Å². The van der Waals surface area contributed by atoms with Crippen LogP contribution in [-0.2, 0) is 21.3 Å². The van der Waals surface area contributed by atoms with E-state index in [4.69, 9.17) is 9.47 Å². The van der Waals surface area contributed by atoms with Crippen molar-refractivity contribution in [2.75, 3.05) is 0 Å². The zero-order chi connectivity index (χ0) is 28.4. The largest absolute Gasteiger partial charge is 0.534 e. The molecule has 1 unspecified atom stereocenters. The number of nitriles is 1. The van der Waals surface area contributed by atoms with Crippen LogP contribution in [0.5, 0.6) is 11.5 Å². The summed E-state index contributed by atoms with van der Waals surface area (Å²) in [5, 5.41) is 50.0. The van der Waals surface area contributed by atoms with E-state index < -0.39 is 51.6 Å². The molecule has 0 bridgehead atoms. The average molecular weight is 560 g/mol. The highest BCUT2D eigenvalue weighted by Gasteiger charge is 2.48. The van der Waals surface area contributed by atoms with Crippen LogP contribution in [0.4, 0.5) is 13.2 Å². The third kappa shape index (κ3) is 6.13. The van der Waals surface area contributed by atoms with Crippen LogP contribution in [0.3, 0.4) is 0 Å². The van der Waals surface area contributed by atoms with E-state index in [9.17, 15) is 47.3 Å². The number of rotatable bonds is 7. The highest BCUT2D eigenvalue weighted by molar-refractivity contribution is 7.88. The molecule has 0 saturated carbocycles. The van der Waals surface area contributed by atoms with E-state index in [2.05, 4.69) is 4.18 Å². The van der Waals surface area contributed by atoms with Gasteiger partial charge in [0, 0.05) is 5.56 Å². The fraction of sp³-hybridized carbons (Fsp3) is 0.375. The smallest absolute Gasteiger partial charge is 0.512 e. The van der Waals surface area contributed by atoms with Crippen molar-refractivity contribution in [3.63, 3.8) is 0 Å². The van der Waals surface area contributed by atoms with Gasteiger partial charge < -0.3 is 34.1 Å². The minimum Gasteiger partial charge on any atom is -0.512 e. The fourth-order valence-electron chi connectivity index (χ4n) is 3.70. The zero-order valence-corrected chi connectivity index (χ0v) is 20.8. The molecular weight excluding hydrogens is 535 g/mol. The van der Waals surface area contributed by atoms with Crippen LogP contribution in [0.25, 0.3) is 0 Å². The molecule has 1 aliphatic heterocycles. The third-order valence-corrected chi connectivity index (χ3v) is 6.48. The molecule has 1 aliphatic rings. The Labute approximate surface area is 215 Å². The number of benzene rings is 2. The molecule has 1 saturated heterocycles. The summed E-state index contributed by atoms with van der Waals surface area (Å²) in [7, 11) is -5.84. The van der Waals surface area contributed by atoms with Crippen LogP contribution < -0.4 is 8.92 Å². The second kappa shape index (κ2) is 11.1. The lowest BCUT2D eigenvalue weighted by molar-refractivity contribution is -0.159. The number of hydrogen-bond donors (Lipinski definition) is 4. The summed E-state index contributed by atoms with van der Waals surface area (Å²) in [5.41, 5.74) is -4.45. The Kier molecular flexibility index (Phi) is 8.47. The van der Waals surface area contributed by atoms with Crippen molar-refractivity contribution in [1.29, 1.82) is 5.26 Å². The molecule has 0 aliphatic carbocycles. The van der Waals surface area contributed by atoms with Gasteiger partial charge in [0.05, 0.1) is 17.7 Å². The number of halogens is 3. The molecule has 4 N–H and O–H groups in total. The number of hydrogen-bond acceptors (Lipinski definition) is 10. The normalized spacial score (nSPS) is 23.1. The van der Waals surface area contributed by atoms with Crippen LogP contribution in [0, 0.1) is 11.3 Å². The van der Waals surface area contributed by atoms with E-state index in [0.717, 1.165) is 12.1 Å². The van der Waals surface area contributed by atoms with Gasteiger partial charge in [-0.2, -0.15) is 26.9 Å². The second-order valence-corrected chi connectivity index (χ2v) is 10.2. The van der Waals surface area contributed by atoms with Crippen LogP contribution >= 0.6 is 0 Å². The SMILES string of the molecule is CC(C)Oc1cc(C#N)c(Cc2ccc(OS(=O)(=O)C(F)(F)F)cc2)cc1[C@@H]1O/C(=C/O)[C@@H](O)C(O)[C@H]1O. The van der Waals surface area contributed by atoms with Gasteiger partial charge in [0.15, 0.2) is 11.9 Å². The van der Waals surface area contributed by atoms with Crippen molar-refractivity contribution in [2.45, 2.75) is 56.3 Å². The molecule has 0 spiro atoms. The van der Waals surface area contributed by atoms with E-state index in [-0.39, 0.29) is 29.4 Å². The van der Waals surface area contributed by atoms with E-state index in [1.807, 2.05) is 6.07 Å². The van der Waals surface area contributed by atoms with Crippen LogP contribution in [0.1, 0.15) is 42.2 Å². The first-order valence-corrected chi connectivity index (χ1v) is 12.5. The number of alkyl halides is 3. The molecule has 1 heterocycles. The maximum atomic E-state index is 12.6. The van der Waals surface area contributed by atoms with E-state index in [1.54, 1.807) is 13.8 Å². The maximum absolute atomic E-state index is 12.6. The van der Waals surface area contributed by atoms with Gasteiger partial charge >= 0.3 is 15.6 Å². The standard InChI is InChI=1S/C24H24F3NO9S/c1-12(2)35-18-9-15(10-28)14(8-17(18)23-22(32)21(31)20(30)19(11-29)36-23)7-13-3-5-16(6-4-13)37-38(33,34)24(25,26)27/h3-6,8-9,11-12,20-23,29-32H,7H2,1-2H3/b19-11+/t20-,21?,22-,23+/m1/s1. The Balaban J connectivity index is 2.00. The first-order valence-electron chi connectivity index (χ1n) is 11.1. The molecule has 0 amide bonds. The molecule has 14 heteroatoms. The Morgan fingerprint density at radius 1 is 1.13 bits per heavy atom. The van der Waals surface area contributed by atoms with Gasteiger partial charge in [0.25, 0.3) is 0 Å². The number of ether oxygens (including phenoxy) is 2. The summed E-state index contributed by atoms with van der Waals surface area (Å²) < 4.78 is 75.5. The quantitative estimate of drug-likeness (QED) is 0.225. The molecule has 38 heavy (non-hydrogen) atoms. The first kappa shape index (κ1) is 29.1. The van der Waals surface area contributed by atoms with Gasteiger partial charge in [-0.15, -0.1) is 0 Å². The Bertz CT molecular complexity index is 1340. The molecule has 0 aromatic heterocycles. The van der Waals surface area contributed by atoms with Crippen molar-refractivity contribution in [3.8, 4) is 17.6 Å². The Hall–Kier alpha value is -3.51. The summed E-state index contributed by atoms with van der Waals surface area (Å²) in [5.74, 6) is -0.840. The van der Waals surface area contributed by atoms with Gasteiger partial charge in [-0.3, -0.25) is 0 Å². The topological polar surface area (TPSA) is 167 Å². The molecule has 2 aromatic rings. The van der Waals surface area contributed by atoms with Gasteiger partial charge in [0.2, 0.25) is 0 Å². The summed E-state index contributed by atoms with van der Waals surface area (Å²) >= 11 is 0. The van der Waals surface area contributed by atoms with Crippen molar-refractivity contribution in [2.24, 2.45) is 0 Å². The fourth-order valence-corrected chi connectivity index (χ4v) is 4.16. The van der Waals surface area contributed by atoms with E-state index >= 15 is 0 Å². The summed E-state index contributed by atoms with van der Waals surface area (Å²) in [6.45, 7) is 3.42. The summed E-state index contributed by atoms with van der Waals surface area (Å²) in [6, 6.07) is 9.50. The van der Waals surface area contributed by atoms with Crippen LogP contribution in [0.15, 0.2) is 48.4 Å². The van der Waals surface area contributed by atoms with Crippen LogP contribution in [-0.4, -0.2) is 58.8 Å². The molecule has 3 rings (SSSR count). The molecule has 10 nitrogen and oxygen atoms in total. The number of aliphatic hydroxyl groups is 4. The highest BCUT2D eigenvalue weighted by atomic mass is 32.2. The van der Waals surface area contributed by atoms with Crippen molar-refractivity contribution >= 4 is 10.1 Å². The Morgan fingerprint density at radius 3 is 2.29 bits per heavy atom. The van der Waals surface area contributed by atoms with Gasteiger partial charge in [-0.05, 0) is 55.7 Å². The molecule has 0 radical (unpaired) electrons. The summed E-state index contributed by atoms with van der Waals surface area (Å²) in [4.78, 5) is 0.